The van der Waals surface area contributed by atoms with Gasteiger partial charge in [0, 0.05) is 5.56 Å². The third-order valence-corrected chi connectivity index (χ3v) is 1.78. The van der Waals surface area contributed by atoms with E-state index in [2.05, 4.69) is 6.92 Å². The summed E-state index contributed by atoms with van der Waals surface area (Å²) in [5, 5.41) is 0. The van der Waals surface area contributed by atoms with E-state index < -0.39 is 5.91 Å². The van der Waals surface area contributed by atoms with Crippen LogP contribution >= 0.6 is 0 Å². The second kappa shape index (κ2) is 3.90. The molecule has 0 spiro atoms. The highest BCUT2D eigenvalue weighted by atomic mass is 16.1. The van der Waals surface area contributed by atoms with Crippen LogP contribution in [-0.2, 0) is 6.42 Å². The lowest BCUT2D eigenvalue weighted by molar-refractivity contribution is 0.0991. The molecule has 0 aliphatic carbocycles. The molecule has 1 N–H and O–H groups in total. The van der Waals surface area contributed by atoms with Gasteiger partial charge in [0.2, 0.25) is 0 Å². The van der Waals surface area contributed by atoms with Crippen molar-refractivity contribution < 1.29 is 4.79 Å². The van der Waals surface area contributed by atoms with Gasteiger partial charge in [-0.05, 0) is 18.1 Å². The Balaban J connectivity index is 3.00. The summed E-state index contributed by atoms with van der Waals surface area (Å²) >= 11 is 0. The topological polar surface area (TPSA) is 40.9 Å². The van der Waals surface area contributed by atoms with Crippen LogP contribution in [0.5, 0.6) is 0 Å². The number of nitrogens with one attached hydrogen (secondary N) is 1. The molecule has 1 rings (SSSR count). The fraction of sp³-hybridized carbons (Fsp3) is 0.300. The first-order valence-electron chi connectivity index (χ1n) is 4.09. The lowest BCUT2D eigenvalue weighted by Gasteiger charge is -2.02. The molecule has 0 heterocycles. The van der Waals surface area contributed by atoms with E-state index in [1.807, 2.05) is 12.1 Å². The largest absolute Gasteiger partial charge is 0.269 e. The lowest BCUT2D eigenvalue weighted by Crippen LogP contribution is -2.03. The van der Waals surface area contributed by atoms with E-state index >= 15 is 0 Å². The predicted octanol–water partition coefficient (Wildman–Crippen LogP) is 2.06. The molecular formula is C10H12NO. The first-order valence-corrected chi connectivity index (χ1v) is 4.09. The molecule has 0 aliphatic heterocycles. The molecule has 63 valence electrons. The second-order valence-corrected chi connectivity index (χ2v) is 2.74. The molecule has 0 fully saturated rings. The first-order chi connectivity index (χ1) is 5.75. The minimum absolute atomic E-state index is 0.541. The molecule has 0 saturated heterocycles. The summed E-state index contributed by atoms with van der Waals surface area (Å²) in [7, 11) is 0. The number of carbonyl (C=O) groups is 1. The van der Waals surface area contributed by atoms with Crippen molar-refractivity contribution in [1.29, 1.82) is 0 Å². The maximum atomic E-state index is 10.8. The van der Waals surface area contributed by atoms with Gasteiger partial charge in [0.25, 0.3) is 5.91 Å². The average Bonchev–Trinajstić information content (AvgIpc) is 2.05. The Morgan fingerprint density at radius 3 is 2.67 bits per heavy atom. The van der Waals surface area contributed by atoms with Gasteiger partial charge in [-0.3, -0.25) is 10.5 Å². The van der Waals surface area contributed by atoms with Crippen molar-refractivity contribution in [3.63, 3.8) is 0 Å². The van der Waals surface area contributed by atoms with E-state index in [0.29, 0.717) is 5.56 Å². The third-order valence-electron chi connectivity index (χ3n) is 1.78. The molecule has 0 bridgehead atoms. The minimum Gasteiger partial charge on any atom is -0.267 e. The molecule has 1 radical (unpaired) electrons. The number of hydrogen-bond donors (Lipinski definition) is 0. The maximum Gasteiger partial charge on any atom is 0.269 e. The summed E-state index contributed by atoms with van der Waals surface area (Å²) in [6.45, 7) is 2.06. The van der Waals surface area contributed by atoms with Crippen molar-refractivity contribution in [2.24, 2.45) is 0 Å². The smallest absolute Gasteiger partial charge is 0.267 e. The molecule has 2 heteroatoms. The van der Waals surface area contributed by atoms with Crippen LogP contribution in [0.3, 0.4) is 0 Å². The van der Waals surface area contributed by atoms with Crippen molar-refractivity contribution in [2.75, 3.05) is 0 Å². The number of hydrogen-bond acceptors (Lipinski definition) is 1. The number of aryl methyl sites for hydroxylation is 1. The monoisotopic (exact) mass is 162 g/mol. The SMILES string of the molecule is CCCc1ccccc1C([NH])=O. The normalized spacial score (nSPS) is 9.75. The Labute approximate surface area is 72.4 Å². The molecule has 0 atom stereocenters. The van der Waals surface area contributed by atoms with Gasteiger partial charge >= 0.3 is 0 Å². The van der Waals surface area contributed by atoms with E-state index in [1.54, 1.807) is 12.1 Å². The first kappa shape index (κ1) is 8.78. The van der Waals surface area contributed by atoms with Crippen LogP contribution < -0.4 is 5.73 Å². The van der Waals surface area contributed by atoms with Crippen molar-refractivity contribution >= 4 is 5.91 Å². The third kappa shape index (κ3) is 1.84. The summed E-state index contributed by atoms with van der Waals surface area (Å²) in [5.74, 6) is -0.584. The van der Waals surface area contributed by atoms with Crippen LogP contribution in [0, 0.1) is 0 Å². The van der Waals surface area contributed by atoms with Crippen molar-refractivity contribution in [1.82, 2.24) is 5.73 Å². The Kier molecular flexibility index (Phi) is 2.86. The predicted molar refractivity (Wildman–Crippen MR) is 47.9 cm³/mol. The Hall–Kier alpha value is -1.31. The molecule has 0 aliphatic rings. The van der Waals surface area contributed by atoms with Gasteiger partial charge in [0.15, 0.2) is 0 Å². The molecule has 1 aromatic carbocycles. The number of rotatable bonds is 3. The summed E-state index contributed by atoms with van der Waals surface area (Å²) < 4.78 is 0. The van der Waals surface area contributed by atoms with Gasteiger partial charge in [0.05, 0.1) is 0 Å². The molecule has 2 nitrogen and oxygen atoms in total. The van der Waals surface area contributed by atoms with Crippen molar-refractivity contribution in [3.8, 4) is 0 Å². The lowest BCUT2D eigenvalue weighted by atomic mass is 10.0. The molecule has 0 unspecified atom stereocenters. The molecular weight excluding hydrogens is 150 g/mol. The Morgan fingerprint density at radius 2 is 2.08 bits per heavy atom. The zero-order valence-corrected chi connectivity index (χ0v) is 7.13. The van der Waals surface area contributed by atoms with Crippen molar-refractivity contribution in [2.45, 2.75) is 19.8 Å². The van der Waals surface area contributed by atoms with Gasteiger partial charge < -0.3 is 0 Å². The highest BCUT2D eigenvalue weighted by molar-refractivity contribution is 5.93. The number of benzene rings is 1. The van der Waals surface area contributed by atoms with Crippen LogP contribution in [-0.4, -0.2) is 5.91 Å². The standard InChI is InChI=1S/C10H12NO/c1-2-5-8-6-3-4-7-9(8)10(11)12/h3-4,6-7,11H,2,5H2,1H3. The minimum atomic E-state index is -0.584. The van der Waals surface area contributed by atoms with Crippen LogP contribution in [0.15, 0.2) is 24.3 Å². The van der Waals surface area contributed by atoms with Crippen LogP contribution in [0.25, 0.3) is 0 Å². The van der Waals surface area contributed by atoms with Crippen LogP contribution in [0.1, 0.15) is 29.3 Å². The quantitative estimate of drug-likeness (QED) is 0.670. The van der Waals surface area contributed by atoms with Crippen LogP contribution in [0.4, 0.5) is 0 Å². The van der Waals surface area contributed by atoms with Gasteiger partial charge in [-0.1, -0.05) is 31.5 Å². The fourth-order valence-corrected chi connectivity index (χ4v) is 1.23. The molecule has 0 saturated carbocycles. The van der Waals surface area contributed by atoms with E-state index in [0.717, 1.165) is 18.4 Å². The molecule has 1 amide bonds. The Bertz CT molecular complexity index is 281. The summed E-state index contributed by atoms with van der Waals surface area (Å²) in [4.78, 5) is 10.8. The number of carbonyl (C=O) groups excluding carboxylic acids is 1. The summed E-state index contributed by atoms with van der Waals surface area (Å²) in [5.41, 5.74) is 8.53. The Morgan fingerprint density at radius 1 is 1.42 bits per heavy atom. The van der Waals surface area contributed by atoms with Crippen molar-refractivity contribution in [3.05, 3.63) is 35.4 Å². The van der Waals surface area contributed by atoms with E-state index in [-0.39, 0.29) is 0 Å². The molecule has 0 aromatic heterocycles. The highest BCUT2D eigenvalue weighted by Crippen LogP contribution is 2.10. The zero-order valence-electron chi connectivity index (χ0n) is 7.13. The van der Waals surface area contributed by atoms with E-state index in [4.69, 9.17) is 5.73 Å². The highest BCUT2D eigenvalue weighted by Gasteiger charge is 2.05. The van der Waals surface area contributed by atoms with Gasteiger partial charge in [-0.25, -0.2) is 0 Å². The summed E-state index contributed by atoms with van der Waals surface area (Å²) in [6.07, 6.45) is 1.88. The second-order valence-electron chi connectivity index (χ2n) is 2.74. The van der Waals surface area contributed by atoms with E-state index in [9.17, 15) is 4.79 Å². The van der Waals surface area contributed by atoms with E-state index in [1.165, 1.54) is 0 Å². The zero-order chi connectivity index (χ0) is 8.97. The van der Waals surface area contributed by atoms with Gasteiger partial charge in [-0.2, -0.15) is 0 Å². The fourth-order valence-electron chi connectivity index (χ4n) is 1.23. The molecule has 1 aromatic rings. The van der Waals surface area contributed by atoms with Gasteiger partial charge in [-0.15, -0.1) is 0 Å². The summed E-state index contributed by atoms with van der Waals surface area (Å²) in [6, 6.07) is 7.31. The average molecular weight is 162 g/mol. The number of amides is 1. The maximum absolute atomic E-state index is 10.8. The molecule has 12 heavy (non-hydrogen) atoms. The van der Waals surface area contributed by atoms with Gasteiger partial charge in [0.1, 0.15) is 0 Å². The van der Waals surface area contributed by atoms with Crippen LogP contribution in [0.2, 0.25) is 0 Å².